The van der Waals surface area contributed by atoms with E-state index in [4.69, 9.17) is 11.6 Å². The van der Waals surface area contributed by atoms with E-state index in [2.05, 4.69) is 34.7 Å². The van der Waals surface area contributed by atoms with Crippen LogP contribution in [0.1, 0.15) is 31.2 Å². The average molecular weight is 264 g/mol. The molecule has 0 bridgehead atoms. The number of rotatable bonds is 2. The molecule has 0 amide bonds. The van der Waals surface area contributed by atoms with Gasteiger partial charge >= 0.3 is 0 Å². The van der Waals surface area contributed by atoms with Crippen LogP contribution < -0.4 is 10.6 Å². The van der Waals surface area contributed by atoms with Crippen LogP contribution in [0.15, 0.2) is 29.3 Å². The van der Waals surface area contributed by atoms with Gasteiger partial charge in [-0.1, -0.05) is 29.8 Å². The lowest BCUT2D eigenvalue weighted by Gasteiger charge is -2.37. The first kappa shape index (κ1) is 11.8. The lowest BCUT2D eigenvalue weighted by molar-refractivity contribution is 0.322. The summed E-state index contributed by atoms with van der Waals surface area (Å²) >= 11 is 6.21. The van der Waals surface area contributed by atoms with Gasteiger partial charge in [0.15, 0.2) is 5.96 Å². The molecule has 1 aliphatic heterocycles. The molecule has 0 saturated heterocycles. The molecule has 1 aliphatic carbocycles. The highest BCUT2D eigenvalue weighted by atomic mass is 35.5. The van der Waals surface area contributed by atoms with E-state index in [0.29, 0.717) is 18.0 Å². The predicted octanol–water partition coefficient (Wildman–Crippen LogP) is 2.52. The van der Waals surface area contributed by atoms with Crippen molar-refractivity contribution in [2.45, 2.75) is 37.8 Å². The highest BCUT2D eigenvalue weighted by molar-refractivity contribution is 6.31. The van der Waals surface area contributed by atoms with Crippen LogP contribution in [0, 0.1) is 0 Å². The zero-order chi connectivity index (χ0) is 12.5. The number of hydrogen-bond acceptors (Lipinski definition) is 3. The normalized spacial score (nSPS) is 30.3. The maximum Gasteiger partial charge on any atom is 0.191 e. The molecule has 18 heavy (non-hydrogen) atoms. The van der Waals surface area contributed by atoms with Gasteiger partial charge in [0.25, 0.3) is 0 Å². The second-order valence-electron chi connectivity index (χ2n) is 5.27. The van der Waals surface area contributed by atoms with E-state index in [9.17, 15) is 0 Å². The second-order valence-corrected chi connectivity index (χ2v) is 5.67. The summed E-state index contributed by atoms with van der Waals surface area (Å²) in [5.74, 6) is 1.56. The standard InChI is InChI=1S/C14H18ClN3/c1-9-8-16-14(17-9)18-11-6-10(7-11)12-4-2-3-5-13(12)15/h2-5,9-11H,6-8H2,1H3,(H2,16,17,18). The first-order valence-corrected chi connectivity index (χ1v) is 6.92. The Bertz CT molecular complexity index is 466. The molecule has 1 unspecified atom stereocenters. The Morgan fingerprint density at radius 1 is 1.33 bits per heavy atom. The minimum atomic E-state index is 0.465. The molecule has 1 aromatic carbocycles. The molecule has 0 radical (unpaired) electrons. The fourth-order valence-electron chi connectivity index (χ4n) is 2.63. The van der Waals surface area contributed by atoms with E-state index in [1.54, 1.807) is 0 Å². The molecule has 2 N–H and O–H groups in total. The van der Waals surface area contributed by atoms with Gasteiger partial charge in [-0.2, -0.15) is 0 Å². The Morgan fingerprint density at radius 3 is 2.78 bits per heavy atom. The van der Waals surface area contributed by atoms with Crippen molar-refractivity contribution in [3.8, 4) is 0 Å². The van der Waals surface area contributed by atoms with Crippen molar-refractivity contribution >= 4 is 17.6 Å². The molecule has 3 rings (SSSR count). The first-order valence-electron chi connectivity index (χ1n) is 6.54. The Labute approximate surface area is 113 Å². The Morgan fingerprint density at radius 2 is 2.11 bits per heavy atom. The fraction of sp³-hybridized carbons (Fsp3) is 0.500. The van der Waals surface area contributed by atoms with Gasteiger partial charge in [-0.3, -0.25) is 4.99 Å². The fourth-order valence-corrected chi connectivity index (χ4v) is 2.92. The molecular weight excluding hydrogens is 246 g/mol. The summed E-state index contributed by atoms with van der Waals surface area (Å²) in [6.45, 7) is 3.02. The number of nitrogens with one attached hydrogen (secondary N) is 2. The Hall–Kier alpha value is -1.22. The molecule has 1 fully saturated rings. The van der Waals surface area contributed by atoms with Crippen LogP contribution in [-0.4, -0.2) is 24.6 Å². The third kappa shape index (κ3) is 2.32. The van der Waals surface area contributed by atoms with Crippen LogP contribution >= 0.6 is 11.6 Å². The van der Waals surface area contributed by atoms with Crippen molar-refractivity contribution in [2.75, 3.05) is 6.54 Å². The first-order chi connectivity index (χ1) is 8.72. The molecule has 96 valence electrons. The second kappa shape index (κ2) is 4.81. The smallest absolute Gasteiger partial charge is 0.191 e. The van der Waals surface area contributed by atoms with E-state index in [-0.39, 0.29) is 0 Å². The highest BCUT2D eigenvalue weighted by Crippen LogP contribution is 2.39. The molecule has 3 nitrogen and oxygen atoms in total. The topological polar surface area (TPSA) is 36.4 Å². The van der Waals surface area contributed by atoms with Crippen molar-refractivity contribution in [1.29, 1.82) is 0 Å². The van der Waals surface area contributed by atoms with Gasteiger partial charge in [0.05, 0.1) is 6.54 Å². The molecule has 1 heterocycles. The zero-order valence-corrected chi connectivity index (χ0v) is 11.2. The van der Waals surface area contributed by atoms with E-state index < -0.39 is 0 Å². The summed E-state index contributed by atoms with van der Waals surface area (Å²) in [6, 6.07) is 9.15. The molecule has 1 saturated carbocycles. The minimum absolute atomic E-state index is 0.465. The molecular formula is C14H18ClN3. The van der Waals surface area contributed by atoms with Crippen LogP contribution in [0.25, 0.3) is 0 Å². The van der Waals surface area contributed by atoms with Gasteiger partial charge in [-0.25, -0.2) is 0 Å². The van der Waals surface area contributed by atoms with Gasteiger partial charge in [-0.15, -0.1) is 0 Å². The summed E-state index contributed by atoms with van der Waals surface area (Å²) in [5.41, 5.74) is 1.28. The predicted molar refractivity (Wildman–Crippen MR) is 75.3 cm³/mol. The Kier molecular flexibility index (Phi) is 3.16. The number of guanidine groups is 1. The van der Waals surface area contributed by atoms with Gasteiger partial charge in [0, 0.05) is 17.1 Å². The van der Waals surface area contributed by atoms with Gasteiger partial charge in [0.1, 0.15) is 0 Å². The summed E-state index contributed by atoms with van der Waals surface area (Å²) in [5, 5.41) is 7.69. The molecule has 0 aromatic heterocycles. The van der Waals surface area contributed by atoms with Crippen LogP contribution in [0.5, 0.6) is 0 Å². The number of aliphatic imine (C=N–C) groups is 1. The van der Waals surface area contributed by atoms with Crippen LogP contribution in [0.2, 0.25) is 5.02 Å². The lowest BCUT2D eigenvalue weighted by atomic mass is 9.76. The zero-order valence-electron chi connectivity index (χ0n) is 10.5. The Balaban J connectivity index is 1.53. The number of halogens is 1. The summed E-state index contributed by atoms with van der Waals surface area (Å²) in [7, 11) is 0. The molecule has 2 aliphatic rings. The van der Waals surface area contributed by atoms with Crippen molar-refractivity contribution in [2.24, 2.45) is 4.99 Å². The van der Waals surface area contributed by atoms with E-state index in [1.165, 1.54) is 5.56 Å². The third-order valence-corrected chi connectivity index (χ3v) is 4.07. The monoisotopic (exact) mass is 263 g/mol. The van der Waals surface area contributed by atoms with E-state index in [1.807, 2.05) is 12.1 Å². The highest BCUT2D eigenvalue weighted by Gasteiger charge is 2.32. The summed E-state index contributed by atoms with van der Waals surface area (Å²) in [4.78, 5) is 4.42. The number of hydrogen-bond donors (Lipinski definition) is 2. The maximum absolute atomic E-state index is 6.21. The molecule has 0 spiro atoms. The van der Waals surface area contributed by atoms with Crippen molar-refractivity contribution in [1.82, 2.24) is 10.6 Å². The van der Waals surface area contributed by atoms with E-state index >= 15 is 0 Å². The van der Waals surface area contributed by atoms with Gasteiger partial charge < -0.3 is 10.6 Å². The molecule has 1 aromatic rings. The third-order valence-electron chi connectivity index (χ3n) is 3.73. The maximum atomic E-state index is 6.21. The van der Waals surface area contributed by atoms with Crippen molar-refractivity contribution < 1.29 is 0 Å². The van der Waals surface area contributed by atoms with Crippen molar-refractivity contribution in [3.05, 3.63) is 34.9 Å². The molecule has 1 atom stereocenters. The summed E-state index contributed by atoms with van der Waals surface area (Å²) in [6.07, 6.45) is 2.28. The summed E-state index contributed by atoms with van der Waals surface area (Å²) < 4.78 is 0. The molecule has 4 heteroatoms. The number of benzene rings is 1. The van der Waals surface area contributed by atoms with Crippen LogP contribution in [0.4, 0.5) is 0 Å². The minimum Gasteiger partial charge on any atom is -0.354 e. The van der Waals surface area contributed by atoms with Crippen LogP contribution in [0.3, 0.4) is 0 Å². The van der Waals surface area contributed by atoms with Gasteiger partial charge in [0.2, 0.25) is 0 Å². The lowest BCUT2D eigenvalue weighted by Crippen LogP contribution is -2.48. The largest absolute Gasteiger partial charge is 0.354 e. The van der Waals surface area contributed by atoms with Crippen molar-refractivity contribution in [3.63, 3.8) is 0 Å². The average Bonchev–Trinajstić information content (AvgIpc) is 2.70. The quantitative estimate of drug-likeness (QED) is 0.860. The van der Waals surface area contributed by atoms with Gasteiger partial charge in [-0.05, 0) is 37.3 Å². The number of nitrogens with zero attached hydrogens (tertiary/aromatic N) is 1. The SMILES string of the molecule is CC1CN=C(NC2CC(c3ccccc3Cl)C2)N1. The van der Waals surface area contributed by atoms with E-state index in [0.717, 1.165) is 30.4 Å². The van der Waals surface area contributed by atoms with Crippen LogP contribution in [-0.2, 0) is 0 Å².